The van der Waals surface area contributed by atoms with E-state index in [2.05, 4.69) is 4.99 Å². The SMILES string of the molecule is CCOc1cc(/C=C2\C(=N)N3OC(C)=CC3=NC2=O)ccc1OCCOc1ccc(Cl)c(C)c1. The average Bonchev–Trinajstić information content (AvgIpc) is 3.18. The van der Waals surface area contributed by atoms with E-state index in [0.29, 0.717) is 53.5 Å². The lowest BCUT2D eigenvalue weighted by Gasteiger charge is -2.23. The molecule has 0 fully saturated rings. The topological polar surface area (TPSA) is 93.4 Å². The molecule has 0 atom stereocenters. The molecule has 2 heterocycles. The first kappa shape index (κ1) is 23.4. The Morgan fingerprint density at radius 1 is 1.09 bits per heavy atom. The summed E-state index contributed by atoms with van der Waals surface area (Å²) >= 11 is 6.04. The molecule has 0 aromatic heterocycles. The lowest BCUT2D eigenvalue weighted by atomic mass is 10.1. The molecule has 0 aliphatic carbocycles. The van der Waals surface area contributed by atoms with Crippen LogP contribution in [0.5, 0.6) is 17.2 Å². The number of carbonyl (C=O) groups is 1. The van der Waals surface area contributed by atoms with Crippen LogP contribution in [-0.2, 0) is 9.63 Å². The standard InChI is InChI=1S/C25H24ClN3O5/c1-4-31-22-14-17(13-19-24(27)29-23(28-25(19)30)12-16(3)34-29)5-8-21(22)33-10-9-32-18-6-7-20(26)15(2)11-18/h5-8,11-14,27H,4,9-10H2,1-3H3/b19-13+,27-24?. The number of carbonyl (C=O) groups excluding carboxylic acids is 1. The number of aryl methyl sites for hydroxylation is 1. The van der Waals surface area contributed by atoms with Crippen molar-refractivity contribution in [1.29, 1.82) is 5.41 Å². The van der Waals surface area contributed by atoms with Crippen molar-refractivity contribution in [3.8, 4) is 17.2 Å². The lowest BCUT2D eigenvalue weighted by Crippen LogP contribution is -2.38. The summed E-state index contributed by atoms with van der Waals surface area (Å²) in [6.07, 6.45) is 3.20. The number of ether oxygens (including phenoxy) is 3. The van der Waals surface area contributed by atoms with Crippen molar-refractivity contribution in [2.24, 2.45) is 4.99 Å². The number of hydrogen-bond acceptors (Lipinski definition) is 6. The van der Waals surface area contributed by atoms with Gasteiger partial charge in [-0.3, -0.25) is 10.2 Å². The van der Waals surface area contributed by atoms with Gasteiger partial charge in [-0.2, -0.15) is 4.99 Å². The van der Waals surface area contributed by atoms with Gasteiger partial charge in [-0.1, -0.05) is 17.7 Å². The van der Waals surface area contributed by atoms with Crippen molar-refractivity contribution in [1.82, 2.24) is 5.06 Å². The van der Waals surface area contributed by atoms with Crippen molar-refractivity contribution in [2.45, 2.75) is 20.8 Å². The van der Waals surface area contributed by atoms with Crippen molar-refractivity contribution in [2.75, 3.05) is 19.8 Å². The molecule has 0 saturated carbocycles. The highest BCUT2D eigenvalue weighted by Gasteiger charge is 2.34. The van der Waals surface area contributed by atoms with Crippen molar-refractivity contribution < 1.29 is 23.8 Å². The van der Waals surface area contributed by atoms with Crippen LogP contribution in [0.15, 0.2) is 58.8 Å². The van der Waals surface area contributed by atoms with Crippen LogP contribution in [0.2, 0.25) is 5.02 Å². The zero-order valence-corrected chi connectivity index (χ0v) is 19.8. The van der Waals surface area contributed by atoms with E-state index in [1.54, 1.807) is 43.3 Å². The molecule has 0 unspecified atom stereocenters. The largest absolute Gasteiger partial charge is 0.490 e. The number of hydroxylamine groups is 2. The quantitative estimate of drug-likeness (QED) is 0.423. The highest BCUT2D eigenvalue weighted by Crippen LogP contribution is 2.31. The fourth-order valence-corrected chi connectivity index (χ4v) is 3.50. The summed E-state index contributed by atoms with van der Waals surface area (Å²) < 4.78 is 17.3. The first-order valence-electron chi connectivity index (χ1n) is 10.7. The van der Waals surface area contributed by atoms with Crippen LogP contribution >= 0.6 is 11.6 Å². The van der Waals surface area contributed by atoms with Gasteiger partial charge in [0.05, 0.1) is 12.2 Å². The first-order valence-corrected chi connectivity index (χ1v) is 11.1. The third-order valence-electron chi connectivity index (χ3n) is 5.00. The number of benzene rings is 2. The molecule has 2 aromatic carbocycles. The Bertz CT molecular complexity index is 1240. The molecule has 0 saturated heterocycles. The van der Waals surface area contributed by atoms with Gasteiger partial charge in [-0.05, 0) is 68.3 Å². The Labute approximate surface area is 202 Å². The van der Waals surface area contributed by atoms with Crippen LogP contribution in [0.25, 0.3) is 6.08 Å². The van der Waals surface area contributed by atoms with E-state index in [1.165, 1.54) is 5.06 Å². The molecule has 1 N–H and O–H groups in total. The summed E-state index contributed by atoms with van der Waals surface area (Å²) in [7, 11) is 0. The van der Waals surface area contributed by atoms with Gasteiger partial charge >= 0.3 is 0 Å². The van der Waals surface area contributed by atoms with Crippen LogP contribution < -0.4 is 14.2 Å². The highest BCUT2D eigenvalue weighted by atomic mass is 35.5. The van der Waals surface area contributed by atoms with Crippen LogP contribution in [-0.4, -0.2) is 42.5 Å². The van der Waals surface area contributed by atoms with Gasteiger partial charge in [0.1, 0.15) is 24.7 Å². The van der Waals surface area contributed by atoms with E-state index in [-0.39, 0.29) is 11.4 Å². The molecule has 9 heteroatoms. The van der Waals surface area contributed by atoms with Crippen molar-refractivity contribution >= 4 is 35.3 Å². The summed E-state index contributed by atoms with van der Waals surface area (Å²) in [6, 6.07) is 10.8. The van der Waals surface area contributed by atoms with E-state index in [1.807, 2.05) is 26.0 Å². The summed E-state index contributed by atoms with van der Waals surface area (Å²) in [6.45, 7) is 6.61. The Kier molecular flexibility index (Phi) is 6.88. The molecule has 8 nitrogen and oxygen atoms in total. The molecule has 1 amide bonds. The highest BCUT2D eigenvalue weighted by molar-refractivity contribution is 6.32. The maximum Gasteiger partial charge on any atom is 0.282 e. The fourth-order valence-electron chi connectivity index (χ4n) is 3.39. The Hall–Kier alpha value is -3.78. The third-order valence-corrected chi connectivity index (χ3v) is 5.42. The molecule has 34 heavy (non-hydrogen) atoms. The van der Waals surface area contributed by atoms with Crippen LogP contribution in [0.1, 0.15) is 25.0 Å². The number of nitrogens with one attached hydrogen (secondary N) is 1. The second-order valence-electron chi connectivity index (χ2n) is 7.57. The minimum Gasteiger partial charge on any atom is -0.490 e. The predicted octanol–water partition coefficient (Wildman–Crippen LogP) is 4.96. The molecule has 0 spiro atoms. The van der Waals surface area contributed by atoms with Crippen molar-refractivity contribution in [3.63, 3.8) is 0 Å². The van der Waals surface area contributed by atoms with E-state index >= 15 is 0 Å². The maximum atomic E-state index is 12.5. The van der Waals surface area contributed by atoms with E-state index in [4.69, 9.17) is 36.1 Å². The van der Waals surface area contributed by atoms with E-state index < -0.39 is 5.91 Å². The fraction of sp³-hybridized carbons (Fsp3) is 0.240. The van der Waals surface area contributed by atoms with Gasteiger partial charge in [0.15, 0.2) is 23.2 Å². The third kappa shape index (κ3) is 5.07. The molecule has 2 aromatic rings. The zero-order valence-electron chi connectivity index (χ0n) is 19.1. The van der Waals surface area contributed by atoms with Crippen LogP contribution in [0.4, 0.5) is 0 Å². The van der Waals surface area contributed by atoms with E-state index in [0.717, 1.165) is 11.3 Å². The average molecular weight is 482 g/mol. The summed E-state index contributed by atoms with van der Waals surface area (Å²) in [5.74, 6) is 2.08. The number of amides is 1. The van der Waals surface area contributed by atoms with Crippen LogP contribution in [0.3, 0.4) is 0 Å². The number of nitrogens with zero attached hydrogens (tertiary/aromatic N) is 2. The molecule has 0 bridgehead atoms. The molecule has 2 aliphatic heterocycles. The molecular formula is C25H24ClN3O5. The first-order chi connectivity index (χ1) is 16.4. The normalized spacial score (nSPS) is 16.1. The number of allylic oxidation sites excluding steroid dienone is 1. The number of fused-ring (bicyclic) bond motifs is 1. The smallest absolute Gasteiger partial charge is 0.282 e. The van der Waals surface area contributed by atoms with Gasteiger partial charge in [0.25, 0.3) is 5.91 Å². The van der Waals surface area contributed by atoms with Gasteiger partial charge in [0.2, 0.25) is 0 Å². The number of aliphatic imine (C=N–C) groups is 1. The zero-order chi connectivity index (χ0) is 24.2. The summed E-state index contributed by atoms with van der Waals surface area (Å²) in [4.78, 5) is 21.9. The number of rotatable bonds is 8. The second-order valence-corrected chi connectivity index (χ2v) is 7.98. The van der Waals surface area contributed by atoms with Gasteiger partial charge in [-0.25, -0.2) is 0 Å². The summed E-state index contributed by atoms with van der Waals surface area (Å²) in [5.41, 5.74) is 1.73. The minimum atomic E-state index is -0.501. The predicted molar refractivity (Wildman–Crippen MR) is 130 cm³/mol. The Morgan fingerprint density at radius 2 is 1.88 bits per heavy atom. The summed E-state index contributed by atoms with van der Waals surface area (Å²) in [5, 5.41) is 10.3. The van der Waals surface area contributed by atoms with Crippen LogP contribution in [0, 0.1) is 12.3 Å². The number of halogens is 1. The Balaban J connectivity index is 1.44. The lowest BCUT2D eigenvalue weighted by molar-refractivity contribution is -0.114. The maximum absolute atomic E-state index is 12.5. The molecule has 2 aliphatic rings. The number of amidine groups is 2. The second kappa shape index (κ2) is 10.0. The Morgan fingerprint density at radius 3 is 2.65 bits per heavy atom. The van der Waals surface area contributed by atoms with Crippen molar-refractivity contribution in [3.05, 3.63) is 70.0 Å². The molecule has 4 rings (SSSR count). The number of hydrogen-bond donors (Lipinski definition) is 1. The minimum absolute atomic E-state index is 0.0732. The molecule has 176 valence electrons. The van der Waals surface area contributed by atoms with E-state index in [9.17, 15) is 4.79 Å². The molecular weight excluding hydrogens is 458 g/mol. The monoisotopic (exact) mass is 481 g/mol. The van der Waals surface area contributed by atoms with Gasteiger partial charge < -0.3 is 19.0 Å². The molecule has 0 radical (unpaired) electrons. The van der Waals surface area contributed by atoms with Gasteiger partial charge in [-0.15, -0.1) is 5.06 Å². The van der Waals surface area contributed by atoms with Gasteiger partial charge in [0, 0.05) is 11.1 Å².